The van der Waals surface area contributed by atoms with E-state index in [0.717, 1.165) is 23.9 Å². The molecule has 0 aliphatic heterocycles. The van der Waals surface area contributed by atoms with E-state index in [-0.39, 0.29) is 17.6 Å². The van der Waals surface area contributed by atoms with Crippen LogP contribution < -0.4 is 15.2 Å². The Hall–Kier alpha value is -3.13. The van der Waals surface area contributed by atoms with Gasteiger partial charge in [0.1, 0.15) is 17.4 Å². The van der Waals surface area contributed by atoms with Crippen molar-refractivity contribution in [2.75, 3.05) is 6.61 Å². The van der Waals surface area contributed by atoms with E-state index >= 15 is 0 Å². The summed E-state index contributed by atoms with van der Waals surface area (Å²) in [7, 11) is 0. The molecule has 0 amide bonds. The van der Waals surface area contributed by atoms with Crippen LogP contribution in [0.5, 0.6) is 11.8 Å². The number of fused-ring (bicyclic) bond motifs is 2. The van der Waals surface area contributed by atoms with Crippen LogP contribution in [0.4, 0.5) is 0 Å². The van der Waals surface area contributed by atoms with E-state index in [0.29, 0.717) is 35.4 Å². The lowest BCUT2D eigenvalue weighted by Crippen LogP contribution is -2.43. The molecule has 1 aliphatic rings. The molecule has 1 saturated carbocycles. The number of ether oxygens (including phenoxy) is 2. The van der Waals surface area contributed by atoms with Crippen LogP contribution in [0.2, 0.25) is 0 Å². The highest BCUT2D eigenvalue weighted by atomic mass is 16.5. The van der Waals surface area contributed by atoms with Gasteiger partial charge in [0.2, 0.25) is 11.8 Å². The largest absolute Gasteiger partial charge is 0.477 e. The van der Waals surface area contributed by atoms with Crippen LogP contribution in [0.15, 0.2) is 41.1 Å². The second-order valence-corrected chi connectivity index (χ2v) is 9.04. The maximum absolute atomic E-state index is 6.08. The molecular weight excluding hydrogens is 382 g/mol. The summed E-state index contributed by atoms with van der Waals surface area (Å²) in [4.78, 5) is 8.83. The fourth-order valence-electron chi connectivity index (χ4n) is 3.43. The molecule has 8 heteroatoms. The van der Waals surface area contributed by atoms with Gasteiger partial charge in [-0.2, -0.15) is 0 Å². The minimum Gasteiger partial charge on any atom is -0.477 e. The van der Waals surface area contributed by atoms with Gasteiger partial charge in [-0.25, -0.2) is 14.5 Å². The van der Waals surface area contributed by atoms with Crippen LogP contribution in [-0.2, 0) is 0 Å². The zero-order valence-corrected chi connectivity index (χ0v) is 17.3. The van der Waals surface area contributed by atoms with Gasteiger partial charge >= 0.3 is 0 Å². The first-order valence-corrected chi connectivity index (χ1v) is 10.1. The smallest absolute Gasteiger partial charge is 0.232 e. The summed E-state index contributed by atoms with van der Waals surface area (Å²) < 4.78 is 19.7. The van der Waals surface area contributed by atoms with Crippen LogP contribution in [0.3, 0.4) is 0 Å². The molecule has 0 atom stereocenters. The predicted octanol–water partition coefficient (Wildman–Crippen LogP) is 3.83. The molecule has 2 N–H and O–H groups in total. The first-order chi connectivity index (χ1) is 14.4. The first kappa shape index (κ1) is 18.9. The SMILES string of the molecule is CC(C)(C)COc1nccc2oc(-c3cnc4ccc(OC5CC(N)C5)nn34)cc12. The molecule has 0 radical (unpaired) electrons. The molecule has 8 nitrogen and oxygen atoms in total. The van der Waals surface area contributed by atoms with E-state index in [1.165, 1.54) is 0 Å². The van der Waals surface area contributed by atoms with E-state index in [1.54, 1.807) is 16.9 Å². The highest BCUT2D eigenvalue weighted by Gasteiger charge is 2.28. The Kier molecular flexibility index (Phi) is 4.39. The monoisotopic (exact) mass is 407 g/mol. The molecule has 0 saturated heterocycles. The second-order valence-electron chi connectivity index (χ2n) is 9.04. The second kappa shape index (κ2) is 6.98. The maximum atomic E-state index is 6.08. The fraction of sp³-hybridized carbons (Fsp3) is 0.409. The Balaban J connectivity index is 1.48. The van der Waals surface area contributed by atoms with E-state index in [4.69, 9.17) is 19.6 Å². The molecule has 1 fully saturated rings. The van der Waals surface area contributed by atoms with Gasteiger partial charge in [-0.3, -0.25) is 0 Å². The van der Waals surface area contributed by atoms with Crippen LogP contribution in [0, 0.1) is 5.41 Å². The number of aromatic nitrogens is 4. The molecule has 4 aromatic rings. The number of imidazole rings is 1. The summed E-state index contributed by atoms with van der Waals surface area (Å²) >= 11 is 0. The first-order valence-electron chi connectivity index (χ1n) is 10.1. The fourth-order valence-corrected chi connectivity index (χ4v) is 3.43. The molecule has 0 spiro atoms. The lowest BCUT2D eigenvalue weighted by molar-refractivity contribution is 0.0944. The van der Waals surface area contributed by atoms with E-state index in [9.17, 15) is 0 Å². The van der Waals surface area contributed by atoms with Crippen molar-refractivity contribution in [3.8, 4) is 23.2 Å². The van der Waals surface area contributed by atoms with Gasteiger partial charge in [0, 0.05) is 24.4 Å². The van der Waals surface area contributed by atoms with Crippen molar-refractivity contribution < 1.29 is 13.9 Å². The van der Waals surface area contributed by atoms with E-state index in [2.05, 4.69) is 35.8 Å². The minimum atomic E-state index is 0.0305. The third-order valence-corrected chi connectivity index (χ3v) is 5.06. The van der Waals surface area contributed by atoms with Gasteiger partial charge in [-0.05, 0) is 30.4 Å². The maximum Gasteiger partial charge on any atom is 0.232 e. The summed E-state index contributed by atoms with van der Waals surface area (Å²) in [5.74, 6) is 1.75. The molecule has 4 aromatic heterocycles. The third kappa shape index (κ3) is 3.59. The number of hydrogen-bond acceptors (Lipinski definition) is 7. The van der Waals surface area contributed by atoms with Gasteiger partial charge in [0.25, 0.3) is 0 Å². The highest BCUT2D eigenvalue weighted by Crippen LogP contribution is 2.33. The molecule has 0 bridgehead atoms. The van der Waals surface area contributed by atoms with Gasteiger partial charge in [-0.15, -0.1) is 5.10 Å². The van der Waals surface area contributed by atoms with Crippen molar-refractivity contribution in [2.24, 2.45) is 11.1 Å². The van der Waals surface area contributed by atoms with Crippen molar-refractivity contribution in [1.29, 1.82) is 0 Å². The number of rotatable bonds is 5. The highest BCUT2D eigenvalue weighted by molar-refractivity contribution is 5.86. The van der Waals surface area contributed by atoms with Crippen LogP contribution in [-0.4, -0.2) is 38.3 Å². The Bertz CT molecular complexity index is 1200. The summed E-state index contributed by atoms with van der Waals surface area (Å²) in [6.07, 6.45) is 5.26. The molecule has 1 aliphatic carbocycles. The lowest BCUT2D eigenvalue weighted by atomic mass is 9.90. The quantitative estimate of drug-likeness (QED) is 0.536. The Morgan fingerprint density at radius 1 is 1.20 bits per heavy atom. The molecule has 30 heavy (non-hydrogen) atoms. The molecule has 5 rings (SSSR count). The minimum absolute atomic E-state index is 0.0305. The zero-order valence-electron chi connectivity index (χ0n) is 17.3. The lowest BCUT2D eigenvalue weighted by Gasteiger charge is -2.31. The van der Waals surface area contributed by atoms with Gasteiger partial charge < -0.3 is 19.6 Å². The topological polar surface area (TPSA) is 101 Å². The molecular formula is C22H25N5O3. The number of nitrogens with zero attached hydrogens (tertiary/aromatic N) is 4. The molecule has 0 aromatic carbocycles. The molecule has 4 heterocycles. The van der Waals surface area contributed by atoms with Crippen LogP contribution in [0.1, 0.15) is 33.6 Å². The number of furan rings is 1. The van der Waals surface area contributed by atoms with Crippen molar-refractivity contribution >= 4 is 16.6 Å². The van der Waals surface area contributed by atoms with Crippen molar-refractivity contribution in [2.45, 2.75) is 45.8 Å². The van der Waals surface area contributed by atoms with Crippen LogP contribution in [0.25, 0.3) is 28.1 Å². The summed E-state index contributed by atoms with van der Waals surface area (Å²) in [6, 6.07) is 7.68. The number of pyridine rings is 1. The average molecular weight is 407 g/mol. The van der Waals surface area contributed by atoms with Gasteiger partial charge in [-0.1, -0.05) is 20.8 Å². The van der Waals surface area contributed by atoms with Crippen molar-refractivity contribution in [3.63, 3.8) is 0 Å². The van der Waals surface area contributed by atoms with Crippen molar-refractivity contribution in [3.05, 3.63) is 36.7 Å². The van der Waals surface area contributed by atoms with Crippen LogP contribution >= 0.6 is 0 Å². The van der Waals surface area contributed by atoms with E-state index in [1.807, 2.05) is 24.3 Å². The summed E-state index contributed by atoms with van der Waals surface area (Å²) in [5.41, 5.74) is 8.03. The Morgan fingerprint density at radius 2 is 2.03 bits per heavy atom. The zero-order chi connectivity index (χ0) is 20.9. The Labute approximate surface area is 174 Å². The molecule has 156 valence electrons. The number of hydrogen-bond donors (Lipinski definition) is 1. The summed E-state index contributed by atoms with van der Waals surface area (Å²) in [5, 5.41) is 5.43. The third-order valence-electron chi connectivity index (χ3n) is 5.06. The Morgan fingerprint density at radius 3 is 2.80 bits per heavy atom. The van der Waals surface area contributed by atoms with E-state index < -0.39 is 0 Å². The predicted molar refractivity (Wildman–Crippen MR) is 113 cm³/mol. The van der Waals surface area contributed by atoms with Gasteiger partial charge in [0.15, 0.2) is 11.4 Å². The molecule has 0 unspecified atom stereocenters. The number of nitrogens with two attached hydrogens (primary N) is 1. The standard InChI is InChI=1S/C22H25N5O3/c1-22(2,3)12-28-21-15-10-18(30-17(15)6-7-24-21)16-11-25-19-4-5-20(26-27(16)19)29-14-8-13(23)9-14/h4-7,10-11,13-14H,8-9,12,23H2,1-3H3. The average Bonchev–Trinajstić information content (AvgIpc) is 3.28. The normalized spacial score (nSPS) is 19.2. The van der Waals surface area contributed by atoms with Gasteiger partial charge in [0.05, 0.1) is 18.2 Å². The summed E-state index contributed by atoms with van der Waals surface area (Å²) in [6.45, 7) is 6.92. The van der Waals surface area contributed by atoms with Crippen molar-refractivity contribution in [1.82, 2.24) is 19.6 Å².